The fraction of sp³-hybridized carbons (Fsp3) is 0.953. The predicted octanol–water partition coefficient (Wildman–Crippen LogP) is 26.1. The Morgan fingerprint density at radius 3 is 0.724 bits per heavy atom. The van der Waals surface area contributed by atoms with Gasteiger partial charge in [-0.1, -0.05) is 402 Å². The van der Waals surface area contributed by atoms with Crippen molar-refractivity contribution in [2.75, 3.05) is 39.6 Å². The van der Waals surface area contributed by atoms with Crippen LogP contribution in [0.2, 0.25) is 0 Å². The van der Waals surface area contributed by atoms with E-state index in [2.05, 4.69) is 48.5 Å². The fourth-order valence-corrected chi connectivity index (χ4v) is 14.9. The van der Waals surface area contributed by atoms with Crippen LogP contribution in [-0.2, 0) is 65.4 Å². The Morgan fingerprint density at radius 1 is 0.276 bits per heavy atom. The summed E-state index contributed by atoms with van der Waals surface area (Å²) in [5.41, 5.74) is 0. The zero-order valence-electron chi connectivity index (χ0n) is 69.2. The maximum atomic E-state index is 13.1. The van der Waals surface area contributed by atoms with Crippen LogP contribution in [0, 0.1) is 17.8 Å². The monoisotopic (exact) mass is 1540 g/mol. The minimum absolute atomic E-state index is 0.107. The van der Waals surface area contributed by atoms with Crippen LogP contribution in [0.15, 0.2) is 0 Å². The number of ether oxygens (including phenoxy) is 4. The summed E-state index contributed by atoms with van der Waals surface area (Å²) in [7, 11) is -9.93. The molecule has 0 heterocycles. The van der Waals surface area contributed by atoms with Gasteiger partial charge in [0.2, 0.25) is 0 Å². The normalized spacial score (nSPS) is 14.1. The number of aliphatic hydroxyl groups is 1. The van der Waals surface area contributed by atoms with Crippen LogP contribution >= 0.6 is 15.6 Å². The Morgan fingerprint density at radius 2 is 0.486 bits per heavy atom. The molecule has 105 heavy (non-hydrogen) atoms. The van der Waals surface area contributed by atoms with Gasteiger partial charge < -0.3 is 33.8 Å². The van der Waals surface area contributed by atoms with Gasteiger partial charge >= 0.3 is 39.5 Å². The van der Waals surface area contributed by atoms with E-state index in [9.17, 15) is 43.2 Å². The second-order valence-electron chi connectivity index (χ2n) is 32.1. The van der Waals surface area contributed by atoms with E-state index < -0.39 is 97.5 Å². The molecule has 0 amide bonds. The molecule has 0 rings (SSSR count). The number of carbonyl (C=O) groups is 4. The first-order valence-electron chi connectivity index (χ1n) is 44.4. The highest BCUT2D eigenvalue weighted by Gasteiger charge is 2.30. The Hall–Kier alpha value is -1.94. The minimum Gasteiger partial charge on any atom is -0.462 e. The molecule has 0 aromatic rings. The van der Waals surface area contributed by atoms with Crippen molar-refractivity contribution in [3.63, 3.8) is 0 Å². The molecule has 6 atom stereocenters. The number of unbranched alkanes of at least 4 members (excludes halogenated alkanes) is 51. The summed E-state index contributed by atoms with van der Waals surface area (Å²) in [6.45, 7) is 12.0. The highest BCUT2D eigenvalue weighted by atomic mass is 31.2. The molecule has 0 saturated carbocycles. The van der Waals surface area contributed by atoms with Gasteiger partial charge in [-0.15, -0.1) is 0 Å². The van der Waals surface area contributed by atoms with Crippen molar-refractivity contribution in [1.82, 2.24) is 0 Å². The summed E-state index contributed by atoms with van der Waals surface area (Å²) in [5, 5.41) is 10.7. The predicted molar refractivity (Wildman–Crippen MR) is 432 cm³/mol. The van der Waals surface area contributed by atoms with E-state index in [1.165, 1.54) is 257 Å². The van der Waals surface area contributed by atoms with Gasteiger partial charge in [-0.2, -0.15) is 0 Å². The highest BCUT2D eigenvalue weighted by Crippen LogP contribution is 2.45. The van der Waals surface area contributed by atoms with E-state index in [1.807, 2.05) is 0 Å². The average Bonchev–Trinajstić information content (AvgIpc) is 0.908. The van der Waals surface area contributed by atoms with Crippen molar-refractivity contribution < 1.29 is 80.2 Å². The minimum atomic E-state index is -4.97. The van der Waals surface area contributed by atoms with Gasteiger partial charge in [-0.25, -0.2) is 9.13 Å². The lowest BCUT2D eigenvalue weighted by molar-refractivity contribution is -0.161. The number of hydrogen-bond acceptors (Lipinski definition) is 15. The fourth-order valence-electron chi connectivity index (χ4n) is 13.3. The largest absolute Gasteiger partial charge is 0.472 e. The molecule has 0 aromatic carbocycles. The molecule has 3 unspecified atom stereocenters. The van der Waals surface area contributed by atoms with Crippen LogP contribution in [-0.4, -0.2) is 96.7 Å². The first-order valence-corrected chi connectivity index (χ1v) is 47.4. The lowest BCUT2D eigenvalue weighted by Crippen LogP contribution is -2.30. The third kappa shape index (κ3) is 78.5. The Bertz CT molecular complexity index is 2030. The number of aliphatic hydroxyl groups excluding tert-OH is 1. The summed E-state index contributed by atoms with van der Waals surface area (Å²) in [6, 6.07) is 0. The van der Waals surface area contributed by atoms with E-state index in [0.717, 1.165) is 108 Å². The number of rotatable bonds is 84. The zero-order valence-corrected chi connectivity index (χ0v) is 71.0. The molecule has 0 aliphatic carbocycles. The molecular formula is C86H168O17P2. The van der Waals surface area contributed by atoms with E-state index in [4.69, 9.17) is 37.0 Å². The average molecular weight is 1540 g/mol. The van der Waals surface area contributed by atoms with E-state index in [0.29, 0.717) is 31.6 Å². The maximum Gasteiger partial charge on any atom is 0.472 e. The quantitative estimate of drug-likeness (QED) is 0.0222. The zero-order chi connectivity index (χ0) is 77.2. The first-order chi connectivity index (χ1) is 50.8. The van der Waals surface area contributed by atoms with Crippen LogP contribution in [0.25, 0.3) is 0 Å². The number of hydrogen-bond donors (Lipinski definition) is 3. The molecule has 0 radical (unpaired) electrons. The van der Waals surface area contributed by atoms with Crippen molar-refractivity contribution in [1.29, 1.82) is 0 Å². The number of phosphoric ester groups is 2. The van der Waals surface area contributed by atoms with Crippen molar-refractivity contribution in [2.24, 2.45) is 17.8 Å². The highest BCUT2D eigenvalue weighted by molar-refractivity contribution is 7.47. The van der Waals surface area contributed by atoms with Gasteiger partial charge in [0.15, 0.2) is 12.2 Å². The van der Waals surface area contributed by atoms with Gasteiger partial charge in [-0.3, -0.25) is 37.3 Å². The lowest BCUT2D eigenvalue weighted by Gasteiger charge is -2.21. The smallest absolute Gasteiger partial charge is 0.462 e. The number of carbonyl (C=O) groups excluding carboxylic acids is 4. The Balaban J connectivity index is 5.22. The summed E-state index contributed by atoms with van der Waals surface area (Å²) in [4.78, 5) is 73.2. The van der Waals surface area contributed by atoms with Gasteiger partial charge in [-0.05, 0) is 43.4 Å². The number of esters is 4. The molecule has 17 nitrogen and oxygen atoms in total. The molecule has 0 spiro atoms. The van der Waals surface area contributed by atoms with Gasteiger partial charge in [0.25, 0.3) is 0 Å². The molecule has 0 aromatic heterocycles. The molecule has 3 N–H and O–H groups in total. The van der Waals surface area contributed by atoms with Crippen molar-refractivity contribution in [3.05, 3.63) is 0 Å². The molecule has 0 aliphatic rings. The van der Waals surface area contributed by atoms with Crippen molar-refractivity contribution >= 4 is 39.5 Å². The van der Waals surface area contributed by atoms with Crippen LogP contribution in [0.5, 0.6) is 0 Å². The third-order valence-corrected chi connectivity index (χ3v) is 22.4. The second kappa shape index (κ2) is 76.1. The number of phosphoric acid groups is 2. The van der Waals surface area contributed by atoms with Crippen LogP contribution in [0.1, 0.15) is 453 Å². The van der Waals surface area contributed by atoms with Crippen molar-refractivity contribution in [2.45, 2.75) is 471 Å². The second-order valence-corrected chi connectivity index (χ2v) is 35.0. The maximum absolute atomic E-state index is 13.1. The molecule has 624 valence electrons. The van der Waals surface area contributed by atoms with Crippen LogP contribution < -0.4 is 0 Å². The van der Waals surface area contributed by atoms with E-state index in [-0.39, 0.29) is 25.7 Å². The molecular weight excluding hydrogens is 1370 g/mol. The van der Waals surface area contributed by atoms with Gasteiger partial charge in [0.05, 0.1) is 26.4 Å². The Labute approximate surface area is 645 Å². The van der Waals surface area contributed by atoms with Gasteiger partial charge in [0.1, 0.15) is 19.3 Å². The third-order valence-electron chi connectivity index (χ3n) is 20.5. The Kier molecular flexibility index (Phi) is 74.7. The molecule has 0 bridgehead atoms. The SMILES string of the molecule is CCCCCCCCCCCCCCCCCCCCCC(=O)OC[C@H](COP(=O)(O)OC[C@@H](O)COP(=O)(O)OC[C@@H](COC(=O)CCCCCCCCC(C)C)OC(=O)CCCCCCCCCCCCCCCCC(C)CC)OC(=O)CCCCCCCCCCCCCCCCCCC(C)C. The molecule has 0 saturated heterocycles. The summed E-state index contributed by atoms with van der Waals surface area (Å²) < 4.78 is 68.9. The molecule has 0 fully saturated rings. The van der Waals surface area contributed by atoms with Crippen molar-refractivity contribution in [3.8, 4) is 0 Å². The lowest BCUT2D eigenvalue weighted by atomic mass is 9.99. The molecule has 0 aliphatic heterocycles. The summed E-state index contributed by atoms with van der Waals surface area (Å²) in [5.74, 6) is 0.227. The van der Waals surface area contributed by atoms with E-state index >= 15 is 0 Å². The topological polar surface area (TPSA) is 237 Å². The van der Waals surface area contributed by atoms with Crippen LogP contribution in [0.3, 0.4) is 0 Å². The first kappa shape index (κ1) is 103. The standard InChI is InChI=1S/C86H168O17P2/c1-8-10-11-12-13-14-15-16-17-18-19-20-24-30-35-40-45-53-60-67-83(88)96-73-81(102-85(90)69-62-55-46-41-36-31-25-22-21-23-28-33-38-43-50-57-64-77(3)4)75-100-104(92,93)98-71-80(87)72-99-105(94,95)101-76-82(74-97-84(89)68-61-54-49-48-51-58-65-78(5)6)103-86(91)70-63-56-47-42-37-32-27-26-29-34-39-44-52-59-66-79(7)9-2/h77-82,87H,8-76H2,1-7H3,(H,92,93)(H,94,95)/t79?,80-,81-,82-/m1/s1. The van der Waals surface area contributed by atoms with E-state index in [1.54, 1.807) is 0 Å². The molecule has 19 heteroatoms. The van der Waals surface area contributed by atoms with Crippen LogP contribution in [0.4, 0.5) is 0 Å². The summed E-state index contributed by atoms with van der Waals surface area (Å²) in [6.07, 6.45) is 66.8. The summed E-state index contributed by atoms with van der Waals surface area (Å²) >= 11 is 0. The van der Waals surface area contributed by atoms with Gasteiger partial charge in [0, 0.05) is 25.7 Å².